The first-order valence-corrected chi connectivity index (χ1v) is 7.51. The minimum Gasteiger partial charge on any atom is -0.355 e. The molecule has 0 spiro atoms. The first kappa shape index (κ1) is 13.3. The fraction of sp³-hybridized carbons (Fsp3) is 0.533. The second-order valence-electron chi connectivity index (χ2n) is 6.29. The third-order valence-electron chi connectivity index (χ3n) is 3.97. The van der Waals surface area contributed by atoms with Crippen LogP contribution in [-0.2, 0) is 6.54 Å². The van der Waals surface area contributed by atoms with E-state index in [0.29, 0.717) is 10.4 Å². The molecule has 1 aromatic rings. The molecule has 1 aromatic carbocycles. The van der Waals surface area contributed by atoms with E-state index in [1.54, 1.807) is 0 Å². The topological polar surface area (TPSA) is 15.6 Å². The van der Waals surface area contributed by atoms with Crippen LogP contribution >= 0.6 is 23.2 Å². The molecule has 19 heavy (non-hydrogen) atoms. The molecule has 0 atom stereocenters. The van der Waals surface area contributed by atoms with Crippen LogP contribution in [0.15, 0.2) is 17.1 Å². The molecule has 102 valence electrons. The Kier molecular flexibility index (Phi) is 3.26. The fourth-order valence-electron chi connectivity index (χ4n) is 3.02. The number of hydrogen-bond donors (Lipinski definition) is 0. The lowest BCUT2D eigenvalue weighted by Gasteiger charge is -2.34. The number of amidine groups is 1. The van der Waals surface area contributed by atoms with Crippen molar-refractivity contribution in [3.63, 3.8) is 0 Å². The Balaban J connectivity index is 2.02. The largest absolute Gasteiger partial charge is 0.355 e. The van der Waals surface area contributed by atoms with E-state index in [1.807, 2.05) is 12.1 Å². The zero-order valence-corrected chi connectivity index (χ0v) is 12.9. The van der Waals surface area contributed by atoms with Crippen LogP contribution in [0, 0.1) is 5.41 Å². The Hall–Kier alpha value is -0.730. The highest BCUT2D eigenvalue weighted by Crippen LogP contribution is 2.38. The van der Waals surface area contributed by atoms with Crippen LogP contribution in [0.4, 0.5) is 5.69 Å². The van der Waals surface area contributed by atoms with Crippen LogP contribution in [0.2, 0.25) is 10.0 Å². The summed E-state index contributed by atoms with van der Waals surface area (Å²) in [6, 6.07) is 3.73. The van der Waals surface area contributed by atoms with E-state index >= 15 is 0 Å². The molecule has 0 saturated carbocycles. The number of halogens is 2. The Labute approximate surface area is 124 Å². The summed E-state index contributed by atoms with van der Waals surface area (Å²) >= 11 is 12.4. The summed E-state index contributed by atoms with van der Waals surface area (Å²) in [5.41, 5.74) is 2.39. The van der Waals surface area contributed by atoms with Crippen LogP contribution in [0.5, 0.6) is 0 Å². The normalized spacial score (nSPS) is 21.3. The predicted octanol–water partition coefficient (Wildman–Crippen LogP) is 5.05. The van der Waals surface area contributed by atoms with Gasteiger partial charge in [0.2, 0.25) is 0 Å². The van der Waals surface area contributed by atoms with E-state index in [-0.39, 0.29) is 0 Å². The molecule has 1 fully saturated rings. The van der Waals surface area contributed by atoms with Crippen molar-refractivity contribution in [2.45, 2.75) is 39.7 Å². The van der Waals surface area contributed by atoms with Crippen LogP contribution < -0.4 is 0 Å². The highest BCUT2D eigenvalue weighted by molar-refractivity contribution is 6.35. The summed E-state index contributed by atoms with van der Waals surface area (Å²) in [4.78, 5) is 7.17. The average Bonchev–Trinajstić information content (AvgIpc) is 2.43. The SMILES string of the molecule is CC1(C)CCCC2=Nc3cc(Cl)cc(Cl)c3CN2C1. The molecule has 0 aliphatic carbocycles. The zero-order valence-electron chi connectivity index (χ0n) is 11.3. The predicted molar refractivity (Wildman–Crippen MR) is 81.6 cm³/mol. The highest BCUT2D eigenvalue weighted by Gasteiger charge is 2.30. The number of nitrogens with zero attached hydrogens (tertiary/aromatic N) is 2. The second-order valence-corrected chi connectivity index (χ2v) is 7.13. The summed E-state index contributed by atoms with van der Waals surface area (Å²) in [6.07, 6.45) is 3.49. The summed E-state index contributed by atoms with van der Waals surface area (Å²) in [6.45, 7) is 6.56. The molecule has 4 heteroatoms. The maximum Gasteiger partial charge on any atom is 0.105 e. The van der Waals surface area contributed by atoms with Crippen LogP contribution in [0.25, 0.3) is 0 Å². The van der Waals surface area contributed by atoms with Gasteiger partial charge in [0.05, 0.1) is 5.69 Å². The molecular weight excluding hydrogens is 279 g/mol. The summed E-state index contributed by atoms with van der Waals surface area (Å²) in [5.74, 6) is 1.19. The lowest BCUT2D eigenvalue weighted by molar-refractivity contribution is 0.243. The molecule has 0 radical (unpaired) electrons. The van der Waals surface area contributed by atoms with Crippen LogP contribution in [-0.4, -0.2) is 17.3 Å². The number of aliphatic imine (C=N–C) groups is 1. The number of rotatable bonds is 0. The standard InChI is InChI=1S/C15H18Cl2N2/c1-15(2)5-3-4-14-18-13-7-10(16)6-12(17)11(13)8-19(14)9-15/h6-7H,3-5,8-9H2,1-2H3. The smallest absolute Gasteiger partial charge is 0.105 e. The monoisotopic (exact) mass is 296 g/mol. The molecule has 0 unspecified atom stereocenters. The second kappa shape index (κ2) is 4.68. The molecule has 2 nitrogen and oxygen atoms in total. The van der Waals surface area contributed by atoms with Crippen molar-refractivity contribution < 1.29 is 0 Å². The van der Waals surface area contributed by atoms with Gasteiger partial charge in [-0.15, -0.1) is 0 Å². The molecule has 0 amide bonds. The van der Waals surface area contributed by atoms with Gasteiger partial charge in [-0.3, -0.25) is 0 Å². The van der Waals surface area contributed by atoms with Crippen LogP contribution in [0.3, 0.4) is 0 Å². The van der Waals surface area contributed by atoms with Crippen molar-refractivity contribution in [1.82, 2.24) is 4.90 Å². The molecule has 2 heterocycles. The first-order chi connectivity index (χ1) is 8.94. The van der Waals surface area contributed by atoms with E-state index in [9.17, 15) is 0 Å². The number of benzene rings is 1. The zero-order chi connectivity index (χ0) is 13.6. The summed E-state index contributed by atoms with van der Waals surface area (Å²) in [5, 5.41) is 1.39. The van der Waals surface area contributed by atoms with E-state index in [1.165, 1.54) is 18.7 Å². The minimum atomic E-state index is 0.341. The summed E-state index contributed by atoms with van der Waals surface area (Å²) in [7, 11) is 0. The van der Waals surface area contributed by atoms with Gasteiger partial charge < -0.3 is 4.90 Å². The molecule has 0 aromatic heterocycles. The summed E-state index contributed by atoms with van der Waals surface area (Å²) < 4.78 is 0. The molecule has 2 aliphatic heterocycles. The molecule has 1 saturated heterocycles. The van der Waals surface area contributed by atoms with E-state index in [2.05, 4.69) is 18.7 Å². The minimum absolute atomic E-state index is 0.341. The van der Waals surface area contributed by atoms with Crippen molar-refractivity contribution in [1.29, 1.82) is 0 Å². The van der Waals surface area contributed by atoms with Crippen LogP contribution in [0.1, 0.15) is 38.7 Å². The third-order valence-corrected chi connectivity index (χ3v) is 4.53. The van der Waals surface area contributed by atoms with Gasteiger partial charge >= 0.3 is 0 Å². The average molecular weight is 297 g/mol. The van der Waals surface area contributed by atoms with Crippen molar-refractivity contribution in [3.8, 4) is 0 Å². The van der Waals surface area contributed by atoms with Gasteiger partial charge in [-0.2, -0.15) is 0 Å². The van der Waals surface area contributed by atoms with Gasteiger partial charge in [0, 0.05) is 35.1 Å². The molecule has 0 bridgehead atoms. The van der Waals surface area contributed by atoms with Crippen molar-refractivity contribution in [3.05, 3.63) is 27.7 Å². The quantitative estimate of drug-likeness (QED) is 0.654. The first-order valence-electron chi connectivity index (χ1n) is 6.75. The number of hydrogen-bond acceptors (Lipinski definition) is 2. The Morgan fingerprint density at radius 1 is 1.26 bits per heavy atom. The number of fused-ring (bicyclic) bond motifs is 2. The van der Waals surface area contributed by atoms with Crippen molar-refractivity contribution in [2.75, 3.05) is 6.54 Å². The van der Waals surface area contributed by atoms with Gasteiger partial charge in [0.25, 0.3) is 0 Å². The van der Waals surface area contributed by atoms with Gasteiger partial charge in [-0.05, 0) is 30.4 Å². The molecule has 3 rings (SSSR count). The lowest BCUT2D eigenvalue weighted by atomic mass is 9.88. The third kappa shape index (κ3) is 2.61. The van der Waals surface area contributed by atoms with E-state index in [4.69, 9.17) is 28.2 Å². The van der Waals surface area contributed by atoms with Gasteiger partial charge in [0.15, 0.2) is 0 Å². The lowest BCUT2D eigenvalue weighted by Crippen LogP contribution is -2.37. The van der Waals surface area contributed by atoms with Gasteiger partial charge in [0.1, 0.15) is 5.84 Å². The van der Waals surface area contributed by atoms with Gasteiger partial charge in [-0.1, -0.05) is 37.0 Å². The molecular formula is C15H18Cl2N2. The fourth-order valence-corrected chi connectivity index (χ4v) is 3.56. The van der Waals surface area contributed by atoms with E-state index < -0.39 is 0 Å². The maximum absolute atomic E-state index is 6.31. The van der Waals surface area contributed by atoms with Gasteiger partial charge in [-0.25, -0.2) is 4.99 Å². The highest BCUT2D eigenvalue weighted by atomic mass is 35.5. The van der Waals surface area contributed by atoms with Crippen molar-refractivity contribution in [2.24, 2.45) is 10.4 Å². The molecule has 2 aliphatic rings. The Bertz CT molecular complexity index is 549. The molecule has 0 N–H and O–H groups in total. The maximum atomic E-state index is 6.31. The Morgan fingerprint density at radius 3 is 2.84 bits per heavy atom. The van der Waals surface area contributed by atoms with E-state index in [0.717, 1.165) is 35.8 Å². The van der Waals surface area contributed by atoms with Crippen molar-refractivity contribution >= 4 is 34.7 Å². The Morgan fingerprint density at radius 2 is 2.05 bits per heavy atom.